The number of likely N-dealkylation sites (N-methyl/N-ethyl adjacent to an activating group) is 1. The van der Waals surface area contributed by atoms with Gasteiger partial charge in [0.15, 0.2) is 0 Å². The van der Waals surface area contributed by atoms with Crippen molar-refractivity contribution in [1.29, 1.82) is 0 Å². The summed E-state index contributed by atoms with van der Waals surface area (Å²) in [5.41, 5.74) is 1.21. The van der Waals surface area contributed by atoms with Gasteiger partial charge in [0.25, 0.3) is 0 Å². The first-order valence-electron chi connectivity index (χ1n) is 7.81. The number of hydrogen-bond donors (Lipinski definition) is 1. The van der Waals surface area contributed by atoms with Crippen LogP contribution in [0.5, 0.6) is 0 Å². The third-order valence-corrected chi connectivity index (χ3v) is 3.74. The summed E-state index contributed by atoms with van der Waals surface area (Å²) in [5, 5.41) is 2.89. The first-order valence-corrected chi connectivity index (χ1v) is 7.81. The highest BCUT2D eigenvalue weighted by atomic mass is 16.2. The van der Waals surface area contributed by atoms with Crippen LogP contribution in [0, 0.1) is 11.3 Å². The molecule has 22 heavy (non-hydrogen) atoms. The fraction of sp³-hybridized carbons (Fsp3) is 0.667. The minimum absolute atomic E-state index is 0.00225. The Morgan fingerprint density at radius 1 is 1.18 bits per heavy atom. The summed E-state index contributed by atoms with van der Waals surface area (Å²) < 4.78 is 0. The van der Waals surface area contributed by atoms with Crippen molar-refractivity contribution in [2.75, 3.05) is 20.1 Å². The zero-order valence-electron chi connectivity index (χ0n) is 15.1. The first-order chi connectivity index (χ1) is 9.96. The molecular formula is C18H32N2O2. The van der Waals surface area contributed by atoms with Gasteiger partial charge in [0.2, 0.25) is 11.8 Å². The number of carbonyl (C=O) groups is 2. The highest BCUT2D eigenvalue weighted by Gasteiger charge is 2.23. The third kappa shape index (κ3) is 8.01. The van der Waals surface area contributed by atoms with Gasteiger partial charge in [-0.15, -0.1) is 0 Å². The average Bonchev–Trinajstić information content (AvgIpc) is 2.40. The molecule has 0 aliphatic heterocycles. The molecule has 0 spiro atoms. The average molecular weight is 308 g/mol. The van der Waals surface area contributed by atoms with Crippen LogP contribution in [-0.2, 0) is 9.59 Å². The fourth-order valence-electron chi connectivity index (χ4n) is 2.43. The van der Waals surface area contributed by atoms with Crippen molar-refractivity contribution < 1.29 is 9.59 Å². The lowest BCUT2D eigenvalue weighted by Gasteiger charge is -2.30. The number of amides is 2. The van der Waals surface area contributed by atoms with Crippen LogP contribution in [0.1, 0.15) is 47.5 Å². The van der Waals surface area contributed by atoms with E-state index >= 15 is 0 Å². The van der Waals surface area contributed by atoms with E-state index in [4.69, 9.17) is 0 Å². The Morgan fingerprint density at radius 2 is 1.73 bits per heavy atom. The summed E-state index contributed by atoms with van der Waals surface area (Å²) in [5.74, 6) is 0.287. The van der Waals surface area contributed by atoms with Gasteiger partial charge in [0.1, 0.15) is 0 Å². The molecule has 1 N–H and O–H groups in total. The maximum Gasteiger partial charge on any atom is 0.248 e. The number of carbonyl (C=O) groups excluding carboxylic acids is 2. The summed E-state index contributed by atoms with van der Waals surface area (Å²) in [6.45, 7) is 18.6. The maximum absolute atomic E-state index is 11.8. The van der Waals surface area contributed by atoms with Crippen LogP contribution in [0.3, 0.4) is 0 Å². The van der Waals surface area contributed by atoms with Crippen LogP contribution in [0.2, 0.25) is 0 Å². The van der Waals surface area contributed by atoms with Crippen molar-refractivity contribution in [2.45, 2.75) is 47.5 Å². The molecule has 126 valence electrons. The predicted octanol–water partition coefficient (Wildman–Crippen LogP) is 3.16. The molecule has 0 bridgehead atoms. The van der Waals surface area contributed by atoms with Gasteiger partial charge in [-0.2, -0.15) is 0 Å². The van der Waals surface area contributed by atoms with Gasteiger partial charge in [-0.3, -0.25) is 9.59 Å². The van der Waals surface area contributed by atoms with Gasteiger partial charge in [0, 0.05) is 31.3 Å². The molecule has 0 rings (SSSR count). The Kier molecular flexibility index (Phi) is 8.13. The van der Waals surface area contributed by atoms with Crippen LogP contribution in [0.4, 0.5) is 0 Å². The van der Waals surface area contributed by atoms with E-state index in [9.17, 15) is 9.59 Å². The lowest BCUT2D eigenvalue weighted by Crippen LogP contribution is -2.33. The molecule has 0 aromatic heterocycles. The normalized spacial score (nSPS) is 12.5. The van der Waals surface area contributed by atoms with Crippen LogP contribution in [0.15, 0.2) is 24.3 Å². The van der Waals surface area contributed by atoms with Crippen molar-refractivity contribution in [3.05, 3.63) is 24.3 Å². The SMILES string of the molecule is C=C(C)C(=O)NCC(C)CC(C)(C)CCN(C)C(=O)C(=C)C. The molecule has 2 amide bonds. The smallest absolute Gasteiger partial charge is 0.248 e. The van der Waals surface area contributed by atoms with Gasteiger partial charge in [-0.25, -0.2) is 0 Å². The van der Waals surface area contributed by atoms with Gasteiger partial charge in [-0.1, -0.05) is 33.9 Å². The van der Waals surface area contributed by atoms with Crippen molar-refractivity contribution >= 4 is 11.8 Å². The van der Waals surface area contributed by atoms with Crippen molar-refractivity contribution in [3.8, 4) is 0 Å². The maximum atomic E-state index is 11.8. The van der Waals surface area contributed by atoms with E-state index in [1.807, 2.05) is 7.05 Å². The van der Waals surface area contributed by atoms with E-state index in [1.165, 1.54) is 0 Å². The monoisotopic (exact) mass is 308 g/mol. The highest BCUT2D eigenvalue weighted by molar-refractivity contribution is 5.92. The largest absolute Gasteiger partial charge is 0.352 e. The Balaban J connectivity index is 4.28. The molecule has 0 heterocycles. The Labute approximate surface area is 135 Å². The minimum Gasteiger partial charge on any atom is -0.352 e. The van der Waals surface area contributed by atoms with Crippen LogP contribution < -0.4 is 5.32 Å². The zero-order valence-corrected chi connectivity index (χ0v) is 15.1. The molecule has 0 aliphatic carbocycles. The molecule has 0 saturated heterocycles. The van der Waals surface area contributed by atoms with E-state index in [-0.39, 0.29) is 17.2 Å². The van der Waals surface area contributed by atoms with Gasteiger partial charge < -0.3 is 10.2 Å². The molecule has 1 unspecified atom stereocenters. The Hall–Kier alpha value is -1.58. The molecule has 0 saturated carbocycles. The van der Waals surface area contributed by atoms with Crippen LogP contribution in [0.25, 0.3) is 0 Å². The van der Waals surface area contributed by atoms with Crippen LogP contribution >= 0.6 is 0 Å². The second-order valence-corrected chi connectivity index (χ2v) is 7.22. The summed E-state index contributed by atoms with van der Waals surface area (Å²) in [6.07, 6.45) is 1.90. The van der Waals surface area contributed by atoms with E-state index in [2.05, 4.69) is 39.2 Å². The number of nitrogens with one attached hydrogen (secondary N) is 1. The zero-order chi connectivity index (χ0) is 17.5. The van der Waals surface area contributed by atoms with E-state index in [1.54, 1.807) is 18.7 Å². The minimum atomic E-state index is -0.0866. The Bertz CT molecular complexity index is 438. The van der Waals surface area contributed by atoms with Gasteiger partial charge in [-0.05, 0) is 38.0 Å². The molecular weight excluding hydrogens is 276 g/mol. The predicted molar refractivity (Wildman–Crippen MR) is 92.5 cm³/mol. The quantitative estimate of drug-likeness (QED) is 0.665. The van der Waals surface area contributed by atoms with Crippen molar-refractivity contribution in [3.63, 3.8) is 0 Å². The molecule has 0 aliphatic rings. The molecule has 1 atom stereocenters. The summed E-state index contributed by atoms with van der Waals surface area (Å²) in [4.78, 5) is 25.0. The van der Waals surface area contributed by atoms with Gasteiger partial charge >= 0.3 is 0 Å². The first kappa shape index (κ1) is 20.4. The lowest BCUT2D eigenvalue weighted by molar-refractivity contribution is -0.126. The molecule has 4 nitrogen and oxygen atoms in total. The number of rotatable bonds is 9. The number of hydrogen-bond acceptors (Lipinski definition) is 2. The summed E-state index contributed by atoms with van der Waals surface area (Å²) in [6, 6.07) is 0. The fourth-order valence-corrected chi connectivity index (χ4v) is 2.43. The molecule has 4 heteroatoms. The van der Waals surface area contributed by atoms with Gasteiger partial charge in [0.05, 0.1) is 0 Å². The molecule has 0 aromatic rings. The van der Waals surface area contributed by atoms with Crippen molar-refractivity contribution in [2.24, 2.45) is 11.3 Å². The summed E-state index contributed by atoms with van der Waals surface area (Å²) >= 11 is 0. The second kappa shape index (κ2) is 8.76. The third-order valence-electron chi connectivity index (χ3n) is 3.74. The van der Waals surface area contributed by atoms with Crippen molar-refractivity contribution in [1.82, 2.24) is 10.2 Å². The summed E-state index contributed by atoms with van der Waals surface area (Å²) in [7, 11) is 1.81. The molecule has 0 aromatic carbocycles. The lowest BCUT2D eigenvalue weighted by atomic mass is 9.80. The van der Waals surface area contributed by atoms with Crippen LogP contribution in [-0.4, -0.2) is 36.9 Å². The standard InChI is InChI=1S/C18H32N2O2/c1-13(2)16(21)19-12-15(5)11-18(6,7)9-10-20(8)17(22)14(3)4/h15H,1,3,9-12H2,2,4-8H3,(H,19,21). The topological polar surface area (TPSA) is 49.4 Å². The molecule has 0 radical (unpaired) electrons. The molecule has 0 fully saturated rings. The number of nitrogens with zero attached hydrogens (tertiary/aromatic N) is 1. The van der Waals surface area contributed by atoms with E-state index in [0.29, 0.717) is 30.2 Å². The van der Waals surface area contributed by atoms with E-state index in [0.717, 1.165) is 12.8 Å². The highest BCUT2D eigenvalue weighted by Crippen LogP contribution is 2.29. The Morgan fingerprint density at radius 3 is 2.18 bits per heavy atom. The van der Waals surface area contributed by atoms with E-state index < -0.39 is 0 Å². The second-order valence-electron chi connectivity index (χ2n) is 7.22.